The van der Waals surface area contributed by atoms with Crippen LogP contribution in [0.25, 0.3) is 0 Å². The van der Waals surface area contributed by atoms with Crippen LogP contribution in [0.4, 0.5) is 0 Å². The summed E-state index contributed by atoms with van der Waals surface area (Å²) >= 11 is 12.0. The first kappa shape index (κ1) is 21.5. The van der Waals surface area contributed by atoms with Gasteiger partial charge in [0.15, 0.2) is 11.9 Å². The van der Waals surface area contributed by atoms with E-state index in [4.69, 9.17) is 32.5 Å². The molecule has 27 heavy (non-hydrogen) atoms. The van der Waals surface area contributed by atoms with Crippen molar-refractivity contribution >= 4 is 39.2 Å². The number of halogens is 2. The van der Waals surface area contributed by atoms with Gasteiger partial charge in [-0.05, 0) is 38.1 Å². The lowest BCUT2D eigenvalue weighted by molar-refractivity contribution is 0.284. The van der Waals surface area contributed by atoms with Gasteiger partial charge in [-0.15, -0.1) is 0 Å². The van der Waals surface area contributed by atoms with Crippen molar-refractivity contribution in [3.63, 3.8) is 0 Å². The molecule has 0 bridgehead atoms. The van der Waals surface area contributed by atoms with E-state index in [2.05, 4.69) is 10.3 Å². The van der Waals surface area contributed by atoms with Crippen LogP contribution in [0.3, 0.4) is 0 Å². The standard InChI is InChI=1S/C11H12Cl2N2O.C7H8O3S/c1-7(11-14-5-6-15-11)16-10-8(12)3-2-4-9(10)13;1-6-2-4-7(5-3-6)11(8,9)10/h2-4,7H,5-6H2,1H3,(H,14,15);2-5H,1H3,(H,8,9,10). The number of aryl methyl sites for hydroxylation is 1. The fourth-order valence-electron chi connectivity index (χ4n) is 2.23. The second-order valence-electron chi connectivity index (χ2n) is 5.79. The number of hydrogen-bond acceptors (Lipinski definition) is 5. The predicted octanol–water partition coefficient (Wildman–Crippen LogP) is 4.00. The number of hydrogen-bond donors (Lipinski definition) is 2. The predicted molar refractivity (Wildman–Crippen MR) is 108 cm³/mol. The minimum atomic E-state index is -4.02. The molecule has 3 rings (SSSR count). The molecule has 1 aliphatic heterocycles. The molecule has 1 aliphatic rings. The summed E-state index contributed by atoms with van der Waals surface area (Å²) in [4.78, 5) is 4.22. The lowest BCUT2D eigenvalue weighted by Gasteiger charge is -2.16. The Bertz CT molecular complexity index is 895. The van der Waals surface area contributed by atoms with Gasteiger partial charge in [0.05, 0.1) is 21.5 Å². The summed E-state index contributed by atoms with van der Waals surface area (Å²) < 4.78 is 35.3. The first-order valence-corrected chi connectivity index (χ1v) is 10.3. The van der Waals surface area contributed by atoms with Crippen molar-refractivity contribution in [1.82, 2.24) is 5.32 Å². The highest BCUT2D eigenvalue weighted by Gasteiger charge is 2.18. The van der Waals surface area contributed by atoms with Crippen LogP contribution in [0.2, 0.25) is 10.0 Å². The van der Waals surface area contributed by atoms with Gasteiger partial charge in [-0.25, -0.2) is 0 Å². The summed E-state index contributed by atoms with van der Waals surface area (Å²) in [5.74, 6) is 1.35. The summed E-state index contributed by atoms with van der Waals surface area (Å²) in [5, 5.41) is 4.18. The maximum atomic E-state index is 10.5. The van der Waals surface area contributed by atoms with E-state index in [1.54, 1.807) is 30.3 Å². The number of para-hydroxylation sites is 1. The molecule has 0 saturated heterocycles. The third kappa shape index (κ3) is 6.39. The largest absolute Gasteiger partial charge is 0.480 e. The Kier molecular flexibility index (Phi) is 7.49. The van der Waals surface area contributed by atoms with Crippen LogP contribution in [0, 0.1) is 6.92 Å². The number of aliphatic imine (C=N–C) groups is 1. The molecule has 1 atom stereocenters. The Morgan fingerprint density at radius 3 is 2.22 bits per heavy atom. The minimum Gasteiger partial charge on any atom is -0.480 e. The molecule has 2 N–H and O–H groups in total. The van der Waals surface area contributed by atoms with E-state index in [0.717, 1.165) is 24.5 Å². The summed E-state index contributed by atoms with van der Waals surface area (Å²) in [6.45, 7) is 5.41. The minimum absolute atomic E-state index is 0.0666. The first-order valence-electron chi connectivity index (χ1n) is 8.11. The molecule has 0 saturated carbocycles. The topological polar surface area (TPSA) is 88.0 Å². The number of rotatable bonds is 4. The van der Waals surface area contributed by atoms with Gasteiger partial charge in [-0.2, -0.15) is 8.42 Å². The fraction of sp³-hybridized carbons (Fsp3) is 0.278. The van der Waals surface area contributed by atoms with Gasteiger partial charge in [0.2, 0.25) is 0 Å². The van der Waals surface area contributed by atoms with Crippen LogP contribution in [-0.2, 0) is 10.1 Å². The number of ether oxygens (including phenoxy) is 1. The molecule has 6 nitrogen and oxygen atoms in total. The molecule has 9 heteroatoms. The summed E-state index contributed by atoms with van der Waals surface area (Å²) in [6.07, 6.45) is -0.167. The van der Waals surface area contributed by atoms with Crippen molar-refractivity contribution in [2.24, 2.45) is 4.99 Å². The zero-order valence-corrected chi connectivity index (χ0v) is 17.1. The number of amidine groups is 1. The van der Waals surface area contributed by atoms with Gasteiger partial charge in [-0.3, -0.25) is 9.55 Å². The molecule has 0 aliphatic carbocycles. The maximum Gasteiger partial charge on any atom is 0.294 e. The number of nitrogens with zero attached hydrogens (tertiary/aromatic N) is 1. The molecular weight excluding hydrogens is 411 g/mol. The zero-order valence-electron chi connectivity index (χ0n) is 14.8. The van der Waals surface area contributed by atoms with Crippen molar-refractivity contribution in [2.45, 2.75) is 24.8 Å². The van der Waals surface area contributed by atoms with Crippen molar-refractivity contribution < 1.29 is 17.7 Å². The van der Waals surface area contributed by atoms with E-state index in [0.29, 0.717) is 15.8 Å². The molecular formula is C18H20Cl2N2O4S. The van der Waals surface area contributed by atoms with Crippen LogP contribution in [-0.4, -0.2) is 38.0 Å². The Labute approximate surface area is 168 Å². The summed E-state index contributed by atoms with van der Waals surface area (Å²) in [6, 6.07) is 11.3. The quantitative estimate of drug-likeness (QED) is 0.715. The Morgan fingerprint density at radius 2 is 1.74 bits per heavy atom. The van der Waals surface area contributed by atoms with E-state index < -0.39 is 10.1 Å². The zero-order chi connectivity index (χ0) is 20.0. The average Bonchev–Trinajstić information content (AvgIpc) is 3.13. The monoisotopic (exact) mass is 430 g/mol. The molecule has 2 aromatic rings. The van der Waals surface area contributed by atoms with Crippen molar-refractivity contribution in [2.75, 3.05) is 13.1 Å². The van der Waals surface area contributed by atoms with Gasteiger partial charge >= 0.3 is 0 Å². The van der Waals surface area contributed by atoms with Crippen LogP contribution < -0.4 is 10.1 Å². The Hall–Kier alpha value is -1.80. The molecule has 0 fully saturated rings. The third-order valence-corrected chi connectivity index (χ3v) is 5.08. The molecule has 1 heterocycles. The van der Waals surface area contributed by atoms with Crippen LogP contribution in [0.5, 0.6) is 5.75 Å². The van der Waals surface area contributed by atoms with Gasteiger partial charge < -0.3 is 10.1 Å². The molecule has 0 radical (unpaired) electrons. The average molecular weight is 431 g/mol. The van der Waals surface area contributed by atoms with Gasteiger partial charge in [-0.1, -0.05) is 47.0 Å². The normalized spacial score (nSPS) is 14.5. The second-order valence-corrected chi connectivity index (χ2v) is 8.03. The second kappa shape index (κ2) is 9.41. The third-order valence-electron chi connectivity index (χ3n) is 3.62. The molecule has 0 aromatic heterocycles. The molecule has 2 aromatic carbocycles. The lowest BCUT2D eigenvalue weighted by atomic mass is 10.2. The first-order chi connectivity index (χ1) is 12.7. The van der Waals surface area contributed by atoms with Crippen LogP contribution in [0.15, 0.2) is 52.4 Å². The van der Waals surface area contributed by atoms with Gasteiger partial charge in [0.1, 0.15) is 5.84 Å². The highest BCUT2D eigenvalue weighted by atomic mass is 35.5. The maximum absolute atomic E-state index is 10.5. The van der Waals surface area contributed by atoms with Crippen LogP contribution in [0.1, 0.15) is 12.5 Å². The SMILES string of the molecule is CC(Oc1c(Cl)cccc1Cl)C1=NCCN1.Cc1ccc(S(=O)(=O)O)cc1. The van der Waals surface area contributed by atoms with E-state index in [1.165, 1.54) is 12.1 Å². The van der Waals surface area contributed by atoms with Gasteiger partial charge in [0, 0.05) is 6.54 Å². The van der Waals surface area contributed by atoms with Crippen molar-refractivity contribution in [3.8, 4) is 5.75 Å². The Morgan fingerprint density at radius 1 is 1.15 bits per heavy atom. The van der Waals surface area contributed by atoms with Crippen molar-refractivity contribution in [3.05, 3.63) is 58.1 Å². The highest BCUT2D eigenvalue weighted by molar-refractivity contribution is 7.85. The molecule has 146 valence electrons. The van der Waals surface area contributed by atoms with Crippen LogP contribution >= 0.6 is 23.2 Å². The lowest BCUT2D eigenvalue weighted by Crippen LogP contribution is -2.33. The number of nitrogens with one attached hydrogen (secondary N) is 1. The fourth-order valence-corrected chi connectivity index (χ4v) is 3.19. The number of benzene rings is 2. The highest BCUT2D eigenvalue weighted by Crippen LogP contribution is 2.33. The van der Waals surface area contributed by atoms with Gasteiger partial charge in [0.25, 0.3) is 10.1 Å². The molecule has 0 spiro atoms. The molecule has 1 unspecified atom stereocenters. The summed E-state index contributed by atoms with van der Waals surface area (Å²) in [7, 11) is -4.02. The van der Waals surface area contributed by atoms with E-state index in [9.17, 15) is 8.42 Å². The smallest absolute Gasteiger partial charge is 0.294 e. The molecule has 0 amide bonds. The van der Waals surface area contributed by atoms with E-state index >= 15 is 0 Å². The van der Waals surface area contributed by atoms with Crippen molar-refractivity contribution in [1.29, 1.82) is 0 Å². The van der Waals surface area contributed by atoms with E-state index in [1.807, 2.05) is 13.8 Å². The Balaban J connectivity index is 0.000000208. The van der Waals surface area contributed by atoms with E-state index in [-0.39, 0.29) is 11.0 Å². The summed E-state index contributed by atoms with van der Waals surface area (Å²) in [5.41, 5.74) is 0.956.